The van der Waals surface area contributed by atoms with Crippen LogP contribution in [0.3, 0.4) is 0 Å². The Kier molecular flexibility index (Phi) is 5.07. The number of furan rings is 1. The number of hydrogen-bond acceptors (Lipinski definition) is 2. The molecular formula is C14H25NO. The third kappa shape index (κ3) is 4.01. The van der Waals surface area contributed by atoms with Crippen LogP contribution in [0.5, 0.6) is 0 Å². The lowest BCUT2D eigenvalue weighted by Gasteiger charge is -2.24. The minimum atomic E-state index is 0.728. The second-order valence-corrected chi connectivity index (χ2v) is 5.30. The maximum absolute atomic E-state index is 5.52. The monoisotopic (exact) mass is 223 g/mol. The van der Waals surface area contributed by atoms with E-state index in [0.29, 0.717) is 0 Å². The lowest BCUT2D eigenvalue weighted by Crippen LogP contribution is -2.29. The molecule has 2 nitrogen and oxygen atoms in total. The van der Waals surface area contributed by atoms with Crippen LogP contribution in [0, 0.1) is 24.7 Å². The van der Waals surface area contributed by atoms with Crippen LogP contribution in [0.15, 0.2) is 16.5 Å². The number of aryl methyl sites for hydroxylation is 1. The Hall–Kier alpha value is -0.760. The Labute approximate surface area is 99.4 Å². The predicted octanol–water partition coefficient (Wildman–Crippen LogP) is 3.61. The van der Waals surface area contributed by atoms with E-state index in [0.717, 1.165) is 42.4 Å². The van der Waals surface area contributed by atoms with Gasteiger partial charge in [-0.05, 0) is 43.4 Å². The van der Waals surface area contributed by atoms with Crippen molar-refractivity contribution in [2.75, 3.05) is 6.54 Å². The summed E-state index contributed by atoms with van der Waals surface area (Å²) in [6.45, 7) is 13.1. The summed E-state index contributed by atoms with van der Waals surface area (Å²) < 4.78 is 5.52. The highest BCUT2D eigenvalue weighted by Crippen LogP contribution is 2.19. The Bertz CT molecular complexity index is 293. The molecule has 0 saturated heterocycles. The van der Waals surface area contributed by atoms with Crippen LogP contribution in [-0.4, -0.2) is 6.54 Å². The van der Waals surface area contributed by atoms with Gasteiger partial charge in [-0.2, -0.15) is 0 Å². The Morgan fingerprint density at radius 1 is 1.12 bits per heavy atom. The second kappa shape index (κ2) is 6.09. The van der Waals surface area contributed by atoms with E-state index in [4.69, 9.17) is 4.42 Å². The van der Waals surface area contributed by atoms with Gasteiger partial charge in [0, 0.05) is 0 Å². The Balaban J connectivity index is 2.33. The lowest BCUT2D eigenvalue weighted by molar-refractivity contribution is 0.272. The SMILES string of the molecule is Cc1ccc(CNCC(C(C)C)C(C)C)o1. The van der Waals surface area contributed by atoms with Crippen LogP contribution >= 0.6 is 0 Å². The molecule has 0 atom stereocenters. The molecule has 0 saturated carbocycles. The zero-order valence-corrected chi connectivity index (χ0v) is 11.2. The molecule has 1 aromatic rings. The summed E-state index contributed by atoms with van der Waals surface area (Å²) in [5.74, 6) is 4.21. The highest BCUT2D eigenvalue weighted by Gasteiger charge is 2.16. The normalized spacial score (nSPS) is 12.0. The summed E-state index contributed by atoms with van der Waals surface area (Å²) in [5, 5.41) is 3.48. The fourth-order valence-electron chi connectivity index (χ4n) is 2.18. The standard InChI is InChI=1S/C14H25NO/c1-10(2)14(11(3)4)9-15-8-13-7-6-12(5)16-13/h6-7,10-11,14-15H,8-9H2,1-5H3. The van der Waals surface area contributed by atoms with E-state index in [1.165, 1.54) is 0 Å². The number of hydrogen-bond donors (Lipinski definition) is 1. The molecule has 0 amide bonds. The molecule has 1 aromatic heterocycles. The molecule has 16 heavy (non-hydrogen) atoms. The van der Waals surface area contributed by atoms with Gasteiger partial charge in [0.15, 0.2) is 0 Å². The molecule has 0 bridgehead atoms. The fourth-order valence-corrected chi connectivity index (χ4v) is 2.18. The molecule has 0 fully saturated rings. The van der Waals surface area contributed by atoms with Gasteiger partial charge in [-0.1, -0.05) is 27.7 Å². The topological polar surface area (TPSA) is 25.2 Å². The molecular weight excluding hydrogens is 198 g/mol. The Morgan fingerprint density at radius 3 is 2.19 bits per heavy atom. The lowest BCUT2D eigenvalue weighted by atomic mass is 9.85. The van der Waals surface area contributed by atoms with Crippen molar-refractivity contribution in [1.82, 2.24) is 5.32 Å². The maximum Gasteiger partial charge on any atom is 0.117 e. The molecule has 1 rings (SSSR count). The van der Waals surface area contributed by atoms with E-state index in [1.54, 1.807) is 0 Å². The minimum Gasteiger partial charge on any atom is -0.465 e. The van der Waals surface area contributed by atoms with Gasteiger partial charge < -0.3 is 9.73 Å². The summed E-state index contributed by atoms with van der Waals surface area (Å²) in [4.78, 5) is 0. The van der Waals surface area contributed by atoms with E-state index in [2.05, 4.69) is 33.0 Å². The summed E-state index contributed by atoms with van der Waals surface area (Å²) in [5.41, 5.74) is 0. The van der Waals surface area contributed by atoms with Crippen molar-refractivity contribution in [3.63, 3.8) is 0 Å². The average molecular weight is 223 g/mol. The molecule has 2 heteroatoms. The first-order valence-electron chi connectivity index (χ1n) is 6.26. The molecule has 0 aliphatic rings. The molecule has 0 aliphatic carbocycles. The van der Waals surface area contributed by atoms with Crippen molar-refractivity contribution in [2.24, 2.45) is 17.8 Å². The highest BCUT2D eigenvalue weighted by molar-refractivity contribution is 5.05. The van der Waals surface area contributed by atoms with Crippen LogP contribution in [0.25, 0.3) is 0 Å². The van der Waals surface area contributed by atoms with Crippen molar-refractivity contribution in [3.8, 4) is 0 Å². The highest BCUT2D eigenvalue weighted by atomic mass is 16.3. The van der Waals surface area contributed by atoms with Crippen LogP contribution in [-0.2, 0) is 6.54 Å². The predicted molar refractivity (Wildman–Crippen MR) is 68.3 cm³/mol. The molecule has 0 aromatic carbocycles. The molecule has 1 heterocycles. The third-order valence-electron chi connectivity index (χ3n) is 3.19. The van der Waals surface area contributed by atoms with E-state index < -0.39 is 0 Å². The second-order valence-electron chi connectivity index (χ2n) is 5.30. The van der Waals surface area contributed by atoms with Crippen LogP contribution < -0.4 is 5.32 Å². The summed E-state index contributed by atoms with van der Waals surface area (Å²) in [7, 11) is 0. The van der Waals surface area contributed by atoms with Gasteiger partial charge in [0.2, 0.25) is 0 Å². The summed E-state index contributed by atoms with van der Waals surface area (Å²) >= 11 is 0. The van der Waals surface area contributed by atoms with Gasteiger partial charge in [0.25, 0.3) is 0 Å². The maximum atomic E-state index is 5.52. The van der Waals surface area contributed by atoms with Gasteiger partial charge in [0.05, 0.1) is 6.54 Å². The molecule has 1 N–H and O–H groups in total. The van der Waals surface area contributed by atoms with Crippen LogP contribution in [0.4, 0.5) is 0 Å². The number of nitrogens with one attached hydrogen (secondary N) is 1. The largest absolute Gasteiger partial charge is 0.465 e. The van der Waals surface area contributed by atoms with Gasteiger partial charge in [-0.15, -0.1) is 0 Å². The van der Waals surface area contributed by atoms with Crippen molar-refractivity contribution in [2.45, 2.75) is 41.2 Å². The first-order valence-corrected chi connectivity index (χ1v) is 6.26. The molecule has 0 spiro atoms. The minimum absolute atomic E-state index is 0.728. The number of rotatable bonds is 6. The summed E-state index contributed by atoms with van der Waals surface area (Å²) in [6, 6.07) is 4.06. The fraction of sp³-hybridized carbons (Fsp3) is 0.714. The molecule has 0 radical (unpaired) electrons. The van der Waals surface area contributed by atoms with Crippen LogP contribution in [0.2, 0.25) is 0 Å². The quantitative estimate of drug-likeness (QED) is 0.797. The third-order valence-corrected chi connectivity index (χ3v) is 3.19. The zero-order valence-electron chi connectivity index (χ0n) is 11.2. The van der Waals surface area contributed by atoms with Crippen molar-refractivity contribution >= 4 is 0 Å². The van der Waals surface area contributed by atoms with E-state index in [1.807, 2.05) is 19.1 Å². The molecule has 92 valence electrons. The van der Waals surface area contributed by atoms with Crippen molar-refractivity contribution < 1.29 is 4.42 Å². The van der Waals surface area contributed by atoms with Crippen molar-refractivity contribution in [3.05, 3.63) is 23.7 Å². The van der Waals surface area contributed by atoms with Gasteiger partial charge in [-0.25, -0.2) is 0 Å². The smallest absolute Gasteiger partial charge is 0.117 e. The van der Waals surface area contributed by atoms with Crippen molar-refractivity contribution in [1.29, 1.82) is 0 Å². The van der Waals surface area contributed by atoms with Gasteiger partial charge >= 0.3 is 0 Å². The van der Waals surface area contributed by atoms with Gasteiger partial charge in [-0.3, -0.25) is 0 Å². The first kappa shape index (κ1) is 13.3. The zero-order chi connectivity index (χ0) is 12.1. The summed E-state index contributed by atoms with van der Waals surface area (Å²) in [6.07, 6.45) is 0. The van der Waals surface area contributed by atoms with E-state index >= 15 is 0 Å². The first-order chi connectivity index (χ1) is 7.50. The van der Waals surface area contributed by atoms with Gasteiger partial charge in [0.1, 0.15) is 11.5 Å². The molecule has 0 aliphatic heterocycles. The average Bonchev–Trinajstić information content (AvgIpc) is 2.57. The van der Waals surface area contributed by atoms with Crippen LogP contribution in [0.1, 0.15) is 39.2 Å². The Morgan fingerprint density at radius 2 is 1.75 bits per heavy atom. The van der Waals surface area contributed by atoms with E-state index in [9.17, 15) is 0 Å². The molecule has 0 unspecified atom stereocenters. The van der Waals surface area contributed by atoms with E-state index in [-0.39, 0.29) is 0 Å².